The summed E-state index contributed by atoms with van der Waals surface area (Å²) in [5.41, 5.74) is 0. The van der Waals surface area contributed by atoms with E-state index in [1.807, 2.05) is 6.08 Å². The molecule has 0 radical (unpaired) electrons. The van der Waals surface area contributed by atoms with Crippen LogP contribution < -0.4 is 5.32 Å². The standard InChI is InChI=1S/C11H22N2S/c1-4-5-12-6-7-13-8-9-14-11(3)10(13)2/h4,10-12H,1,5-9H2,2-3H3. The Morgan fingerprint density at radius 2 is 2.36 bits per heavy atom. The summed E-state index contributed by atoms with van der Waals surface area (Å²) in [5.74, 6) is 1.28. The van der Waals surface area contributed by atoms with Crippen molar-refractivity contribution in [1.29, 1.82) is 0 Å². The molecule has 0 spiro atoms. The normalized spacial score (nSPS) is 29.0. The minimum absolute atomic E-state index is 0.722. The fourth-order valence-corrected chi connectivity index (χ4v) is 2.90. The summed E-state index contributed by atoms with van der Waals surface area (Å²) in [7, 11) is 0. The minimum atomic E-state index is 0.722. The second-order valence-corrected chi connectivity index (χ2v) is 5.33. The first kappa shape index (κ1) is 12.1. The monoisotopic (exact) mass is 214 g/mol. The summed E-state index contributed by atoms with van der Waals surface area (Å²) in [6, 6.07) is 0.722. The Hall–Kier alpha value is 0.0100. The van der Waals surface area contributed by atoms with Gasteiger partial charge in [0, 0.05) is 43.2 Å². The van der Waals surface area contributed by atoms with Gasteiger partial charge in [0.2, 0.25) is 0 Å². The van der Waals surface area contributed by atoms with Crippen molar-refractivity contribution < 1.29 is 0 Å². The van der Waals surface area contributed by atoms with Gasteiger partial charge in [0.25, 0.3) is 0 Å². The molecule has 14 heavy (non-hydrogen) atoms. The number of hydrogen-bond acceptors (Lipinski definition) is 3. The number of nitrogens with zero attached hydrogens (tertiary/aromatic N) is 1. The lowest BCUT2D eigenvalue weighted by Crippen LogP contribution is -2.47. The molecule has 1 saturated heterocycles. The van der Waals surface area contributed by atoms with E-state index >= 15 is 0 Å². The third-order valence-corrected chi connectivity index (χ3v) is 4.22. The molecular formula is C11H22N2S. The van der Waals surface area contributed by atoms with Gasteiger partial charge < -0.3 is 5.32 Å². The van der Waals surface area contributed by atoms with Crippen molar-refractivity contribution in [2.75, 3.05) is 31.9 Å². The Balaban J connectivity index is 2.18. The van der Waals surface area contributed by atoms with Gasteiger partial charge in [-0.05, 0) is 6.92 Å². The molecule has 0 aromatic heterocycles. The molecule has 1 rings (SSSR count). The lowest BCUT2D eigenvalue weighted by Gasteiger charge is -2.37. The zero-order valence-corrected chi connectivity index (χ0v) is 10.1. The summed E-state index contributed by atoms with van der Waals surface area (Å²) in [6.45, 7) is 12.8. The highest BCUT2D eigenvalue weighted by Gasteiger charge is 2.24. The molecule has 82 valence electrons. The molecule has 1 heterocycles. The number of thioether (sulfide) groups is 1. The van der Waals surface area contributed by atoms with Crippen LogP contribution in [-0.2, 0) is 0 Å². The van der Waals surface area contributed by atoms with E-state index < -0.39 is 0 Å². The molecule has 0 bridgehead atoms. The summed E-state index contributed by atoms with van der Waals surface area (Å²) < 4.78 is 0. The third-order valence-electron chi connectivity index (χ3n) is 2.88. The van der Waals surface area contributed by atoms with Gasteiger partial charge in [0.05, 0.1) is 0 Å². The number of rotatable bonds is 5. The van der Waals surface area contributed by atoms with Crippen molar-refractivity contribution in [1.82, 2.24) is 10.2 Å². The Labute approximate surface area is 92.1 Å². The second-order valence-electron chi connectivity index (χ2n) is 3.85. The molecule has 2 nitrogen and oxygen atoms in total. The topological polar surface area (TPSA) is 15.3 Å². The second kappa shape index (κ2) is 6.49. The Morgan fingerprint density at radius 3 is 3.07 bits per heavy atom. The van der Waals surface area contributed by atoms with Gasteiger partial charge in [0.15, 0.2) is 0 Å². The predicted octanol–water partition coefficient (Wildman–Crippen LogP) is 1.59. The van der Waals surface area contributed by atoms with Crippen LogP contribution in [0.2, 0.25) is 0 Å². The quantitative estimate of drug-likeness (QED) is 0.553. The van der Waals surface area contributed by atoms with Gasteiger partial charge in [-0.2, -0.15) is 11.8 Å². The highest BCUT2D eigenvalue weighted by Crippen LogP contribution is 2.23. The first-order valence-corrected chi connectivity index (χ1v) is 6.48. The van der Waals surface area contributed by atoms with Crippen molar-refractivity contribution in [3.63, 3.8) is 0 Å². The first-order chi connectivity index (χ1) is 6.75. The van der Waals surface area contributed by atoms with E-state index in [9.17, 15) is 0 Å². The maximum absolute atomic E-state index is 3.69. The van der Waals surface area contributed by atoms with Crippen molar-refractivity contribution in [3.8, 4) is 0 Å². The highest BCUT2D eigenvalue weighted by molar-refractivity contribution is 8.00. The van der Waals surface area contributed by atoms with Crippen LogP contribution in [-0.4, -0.2) is 48.1 Å². The maximum atomic E-state index is 3.69. The molecule has 2 unspecified atom stereocenters. The molecule has 1 aliphatic heterocycles. The molecule has 1 fully saturated rings. The highest BCUT2D eigenvalue weighted by atomic mass is 32.2. The zero-order chi connectivity index (χ0) is 10.4. The van der Waals surface area contributed by atoms with Gasteiger partial charge in [-0.25, -0.2) is 0 Å². The summed E-state index contributed by atoms with van der Waals surface area (Å²) >= 11 is 2.10. The van der Waals surface area contributed by atoms with Crippen molar-refractivity contribution in [2.24, 2.45) is 0 Å². The minimum Gasteiger partial charge on any atom is -0.312 e. The number of nitrogens with one attached hydrogen (secondary N) is 1. The molecule has 2 atom stereocenters. The van der Waals surface area contributed by atoms with Gasteiger partial charge in [-0.3, -0.25) is 4.90 Å². The summed E-state index contributed by atoms with van der Waals surface area (Å²) in [6.07, 6.45) is 1.91. The molecule has 0 aromatic rings. The van der Waals surface area contributed by atoms with Gasteiger partial charge in [-0.1, -0.05) is 13.0 Å². The van der Waals surface area contributed by atoms with Crippen LogP contribution in [0.15, 0.2) is 12.7 Å². The molecule has 0 aromatic carbocycles. The van der Waals surface area contributed by atoms with E-state index in [1.165, 1.54) is 18.8 Å². The summed E-state index contributed by atoms with van der Waals surface area (Å²) in [4.78, 5) is 2.58. The zero-order valence-electron chi connectivity index (χ0n) is 9.33. The Bertz CT molecular complexity index is 173. The van der Waals surface area contributed by atoms with E-state index in [2.05, 4.69) is 42.4 Å². The smallest absolute Gasteiger partial charge is 0.0184 e. The maximum Gasteiger partial charge on any atom is 0.0184 e. The summed E-state index contributed by atoms with van der Waals surface area (Å²) in [5, 5.41) is 4.13. The van der Waals surface area contributed by atoms with Crippen LogP contribution in [0.4, 0.5) is 0 Å². The van der Waals surface area contributed by atoms with Crippen LogP contribution in [0.3, 0.4) is 0 Å². The van der Waals surface area contributed by atoms with Gasteiger partial charge >= 0.3 is 0 Å². The SMILES string of the molecule is C=CCNCCN1CCSC(C)C1C. The van der Waals surface area contributed by atoms with E-state index in [0.717, 1.165) is 24.4 Å². The fraction of sp³-hybridized carbons (Fsp3) is 0.818. The molecule has 3 heteroatoms. The molecule has 0 saturated carbocycles. The van der Waals surface area contributed by atoms with E-state index in [4.69, 9.17) is 0 Å². The molecule has 0 amide bonds. The lowest BCUT2D eigenvalue weighted by atomic mass is 10.2. The average Bonchev–Trinajstić information content (AvgIpc) is 2.19. The lowest BCUT2D eigenvalue weighted by molar-refractivity contribution is 0.214. The molecule has 0 aliphatic carbocycles. The van der Waals surface area contributed by atoms with Crippen molar-refractivity contribution in [3.05, 3.63) is 12.7 Å². The van der Waals surface area contributed by atoms with Gasteiger partial charge in [0.1, 0.15) is 0 Å². The van der Waals surface area contributed by atoms with Crippen LogP contribution in [0.5, 0.6) is 0 Å². The van der Waals surface area contributed by atoms with E-state index in [0.29, 0.717) is 0 Å². The molecular weight excluding hydrogens is 192 g/mol. The molecule has 1 N–H and O–H groups in total. The van der Waals surface area contributed by atoms with Crippen molar-refractivity contribution in [2.45, 2.75) is 25.1 Å². The van der Waals surface area contributed by atoms with Crippen molar-refractivity contribution >= 4 is 11.8 Å². The Kier molecular flexibility index (Phi) is 5.60. The molecule has 1 aliphatic rings. The van der Waals surface area contributed by atoms with Crippen LogP contribution in [0.1, 0.15) is 13.8 Å². The third kappa shape index (κ3) is 3.64. The van der Waals surface area contributed by atoms with Crippen LogP contribution in [0, 0.1) is 0 Å². The Morgan fingerprint density at radius 1 is 1.57 bits per heavy atom. The first-order valence-electron chi connectivity index (χ1n) is 5.43. The average molecular weight is 214 g/mol. The van der Waals surface area contributed by atoms with Crippen LogP contribution >= 0.6 is 11.8 Å². The number of hydrogen-bond donors (Lipinski definition) is 1. The van der Waals surface area contributed by atoms with E-state index in [-0.39, 0.29) is 0 Å². The largest absolute Gasteiger partial charge is 0.312 e. The van der Waals surface area contributed by atoms with Crippen LogP contribution in [0.25, 0.3) is 0 Å². The van der Waals surface area contributed by atoms with Gasteiger partial charge in [-0.15, -0.1) is 6.58 Å². The van der Waals surface area contributed by atoms with E-state index in [1.54, 1.807) is 0 Å². The fourth-order valence-electron chi connectivity index (χ4n) is 1.74. The predicted molar refractivity (Wildman–Crippen MR) is 66.0 cm³/mol.